The molecule has 0 radical (unpaired) electrons. The van der Waals surface area contributed by atoms with E-state index in [1.165, 1.54) is 54.9 Å². The first kappa shape index (κ1) is 14.3. The van der Waals surface area contributed by atoms with Crippen molar-refractivity contribution in [3.63, 3.8) is 0 Å². The summed E-state index contributed by atoms with van der Waals surface area (Å²) in [4.78, 5) is 11.3. The number of quaternary nitrogens is 1. The molecule has 0 spiro atoms. The monoisotopic (exact) mass is 304 g/mol. The second kappa shape index (κ2) is 6.47. The molecular formula is C20H22N3+. The van der Waals surface area contributed by atoms with Crippen molar-refractivity contribution in [2.24, 2.45) is 0 Å². The number of nitrogens with one attached hydrogen (secondary N) is 1. The van der Waals surface area contributed by atoms with Crippen molar-refractivity contribution in [1.82, 2.24) is 9.97 Å². The Balaban J connectivity index is 1.87. The first-order valence-electron chi connectivity index (χ1n) is 8.59. The Kier molecular flexibility index (Phi) is 4.03. The number of para-hydroxylation sites is 1. The minimum atomic E-state index is 0.844. The fourth-order valence-corrected chi connectivity index (χ4v) is 3.45. The average Bonchev–Trinajstić information content (AvgIpc) is 2.91. The van der Waals surface area contributed by atoms with E-state index >= 15 is 0 Å². The molecule has 0 bridgehead atoms. The number of fused-ring (bicyclic) bond motifs is 1. The number of aromatic nitrogens is 2. The number of nitrogens with zero attached hydrogens (tertiary/aromatic N) is 2. The van der Waals surface area contributed by atoms with Gasteiger partial charge in [0.15, 0.2) is 5.82 Å². The van der Waals surface area contributed by atoms with Crippen molar-refractivity contribution < 1.29 is 4.90 Å². The lowest BCUT2D eigenvalue weighted by atomic mass is 10.1. The van der Waals surface area contributed by atoms with Gasteiger partial charge in [-0.3, -0.25) is 4.90 Å². The normalized spacial score (nSPS) is 16.3. The van der Waals surface area contributed by atoms with Gasteiger partial charge in [0, 0.05) is 5.56 Å². The highest BCUT2D eigenvalue weighted by Crippen LogP contribution is 2.23. The lowest BCUT2D eigenvalue weighted by Gasteiger charge is -2.17. The summed E-state index contributed by atoms with van der Waals surface area (Å²) in [6.45, 7) is 2.35. The van der Waals surface area contributed by atoms with Gasteiger partial charge in [-0.05, 0) is 37.8 Å². The lowest BCUT2D eigenvalue weighted by molar-refractivity contribution is -0.833. The van der Waals surface area contributed by atoms with Gasteiger partial charge in [0.1, 0.15) is 0 Å². The molecule has 3 aromatic rings. The Bertz CT molecular complexity index is 790. The van der Waals surface area contributed by atoms with Crippen molar-refractivity contribution in [1.29, 1.82) is 0 Å². The molecule has 1 saturated heterocycles. The van der Waals surface area contributed by atoms with Crippen molar-refractivity contribution in [2.45, 2.75) is 25.7 Å². The third-order valence-corrected chi connectivity index (χ3v) is 4.68. The zero-order valence-electron chi connectivity index (χ0n) is 13.3. The summed E-state index contributed by atoms with van der Waals surface area (Å²) in [5.41, 5.74) is 2.14. The number of hydrogen-bond acceptors (Lipinski definition) is 2. The molecular weight excluding hydrogens is 282 g/mol. The van der Waals surface area contributed by atoms with Crippen molar-refractivity contribution in [3.8, 4) is 11.4 Å². The SMILES string of the molecule is c1ccc(-c2nc([NH+]3CCCCCC3)c3ccccc3n2)cc1. The van der Waals surface area contributed by atoms with E-state index in [2.05, 4.69) is 36.4 Å². The Morgan fingerprint density at radius 1 is 0.696 bits per heavy atom. The van der Waals surface area contributed by atoms with Gasteiger partial charge < -0.3 is 0 Å². The standard InChI is InChI=1S/C20H21N3/c1-2-9-15-23(14-8-1)20-17-12-6-7-13-18(17)21-19(22-20)16-10-4-3-5-11-16/h3-7,10-13H,1-2,8-9,14-15H2/p+1. The van der Waals surface area contributed by atoms with Crippen LogP contribution in [0.1, 0.15) is 25.7 Å². The van der Waals surface area contributed by atoms with Gasteiger partial charge in [-0.15, -0.1) is 0 Å². The molecule has 1 N–H and O–H groups in total. The molecule has 3 nitrogen and oxygen atoms in total. The predicted octanol–water partition coefficient (Wildman–Crippen LogP) is 3.39. The molecule has 0 atom stereocenters. The Labute approximate surface area is 137 Å². The van der Waals surface area contributed by atoms with Crippen LogP contribution in [0.5, 0.6) is 0 Å². The maximum absolute atomic E-state index is 4.99. The fraction of sp³-hybridized carbons (Fsp3) is 0.300. The average molecular weight is 304 g/mol. The zero-order chi connectivity index (χ0) is 15.5. The maximum Gasteiger partial charge on any atom is 0.237 e. The summed E-state index contributed by atoms with van der Waals surface area (Å²) in [5.74, 6) is 2.02. The summed E-state index contributed by atoms with van der Waals surface area (Å²) in [7, 11) is 0. The van der Waals surface area contributed by atoms with E-state index in [4.69, 9.17) is 9.97 Å². The topological polar surface area (TPSA) is 30.2 Å². The zero-order valence-corrected chi connectivity index (χ0v) is 13.3. The summed E-state index contributed by atoms with van der Waals surface area (Å²) < 4.78 is 0. The molecule has 1 fully saturated rings. The molecule has 23 heavy (non-hydrogen) atoms. The first-order valence-corrected chi connectivity index (χ1v) is 8.59. The van der Waals surface area contributed by atoms with E-state index in [-0.39, 0.29) is 0 Å². The molecule has 0 unspecified atom stereocenters. The molecule has 1 aliphatic rings. The van der Waals surface area contributed by atoms with E-state index in [9.17, 15) is 0 Å². The van der Waals surface area contributed by atoms with Gasteiger partial charge in [0.05, 0.1) is 24.0 Å². The molecule has 3 heteroatoms. The van der Waals surface area contributed by atoms with E-state index in [1.54, 1.807) is 0 Å². The highest BCUT2D eigenvalue weighted by atomic mass is 15.2. The number of rotatable bonds is 2. The van der Waals surface area contributed by atoms with Gasteiger partial charge in [-0.1, -0.05) is 42.5 Å². The quantitative estimate of drug-likeness (QED) is 0.786. The van der Waals surface area contributed by atoms with Crippen LogP contribution < -0.4 is 4.90 Å². The van der Waals surface area contributed by atoms with Crippen LogP contribution in [0, 0.1) is 0 Å². The highest BCUT2D eigenvalue weighted by Gasteiger charge is 2.21. The van der Waals surface area contributed by atoms with E-state index in [0.717, 1.165) is 16.9 Å². The minimum absolute atomic E-state index is 0.844. The lowest BCUT2D eigenvalue weighted by Crippen LogP contribution is -3.07. The van der Waals surface area contributed by atoms with Crippen LogP contribution in [-0.4, -0.2) is 23.1 Å². The van der Waals surface area contributed by atoms with Gasteiger partial charge in [-0.2, -0.15) is 4.98 Å². The van der Waals surface area contributed by atoms with E-state index in [1.807, 2.05) is 18.2 Å². The third-order valence-electron chi connectivity index (χ3n) is 4.68. The predicted molar refractivity (Wildman–Crippen MR) is 93.8 cm³/mol. The van der Waals surface area contributed by atoms with Crippen LogP contribution >= 0.6 is 0 Å². The van der Waals surface area contributed by atoms with Crippen LogP contribution in [0.2, 0.25) is 0 Å². The Hall–Kier alpha value is -2.26. The summed E-state index contributed by atoms with van der Waals surface area (Å²) in [6.07, 6.45) is 5.26. The van der Waals surface area contributed by atoms with Gasteiger partial charge in [0.2, 0.25) is 5.82 Å². The third kappa shape index (κ3) is 2.97. The summed E-state index contributed by atoms with van der Waals surface area (Å²) in [5, 5.41) is 1.20. The number of benzene rings is 2. The highest BCUT2D eigenvalue weighted by molar-refractivity contribution is 5.87. The van der Waals surface area contributed by atoms with Crippen LogP contribution in [0.15, 0.2) is 54.6 Å². The molecule has 0 amide bonds. The molecule has 1 aliphatic heterocycles. The van der Waals surface area contributed by atoms with Crippen LogP contribution in [0.25, 0.3) is 22.3 Å². The largest absolute Gasteiger partial charge is 0.285 e. The van der Waals surface area contributed by atoms with Gasteiger partial charge >= 0.3 is 0 Å². The van der Waals surface area contributed by atoms with E-state index in [0.29, 0.717) is 0 Å². The van der Waals surface area contributed by atoms with Crippen LogP contribution in [0.3, 0.4) is 0 Å². The molecule has 4 rings (SSSR count). The second-order valence-corrected chi connectivity index (χ2v) is 6.30. The Morgan fingerprint density at radius 3 is 2.17 bits per heavy atom. The molecule has 2 aromatic carbocycles. The summed E-state index contributed by atoms with van der Waals surface area (Å²) in [6, 6.07) is 18.7. The van der Waals surface area contributed by atoms with Crippen LogP contribution in [-0.2, 0) is 0 Å². The molecule has 0 saturated carbocycles. The number of hydrogen-bond donors (Lipinski definition) is 1. The van der Waals surface area contributed by atoms with Gasteiger partial charge in [-0.25, -0.2) is 4.98 Å². The Morgan fingerprint density at radius 2 is 1.39 bits per heavy atom. The smallest absolute Gasteiger partial charge is 0.237 e. The van der Waals surface area contributed by atoms with Crippen molar-refractivity contribution >= 4 is 16.7 Å². The van der Waals surface area contributed by atoms with Crippen LogP contribution in [0.4, 0.5) is 5.82 Å². The van der Waals surface area contributed by atoms with Gasteiger partial charge in [0.25, 0.3) is 0 Å². The molecule has 2 heterocycles. The molecule has 116 valence electrons. The fourth-order valence-electron chi connectivity index (χ4n) is 3.45. The molecule has 1 aromatic heterocycles. The first-order chi connectivity index (χ1) is 11.4. The summed E-state index contributed by atoms with van der Waals surface area (Å²) >= 11 is 0. The van der Waals surface area contributed by atoms with Crippen molar-refractivity contribution in [3.05, 3.63) is 54.6 Å². The van der Waals surface area contributed by atoms with E-state index < -0.39 is 0 Å². The molecule has 0 aliphatic carbocycles. The maximum atomic E-state index is 4.99. The minimum Gasteiger partial charge on any atom is -0.285 e. The van der Waals surface area contributed by atoms with Crippen molar-refractivity contribution in [2.75, 3.05) is 13.1 Å². The second-order valence-electron chi connectivity index (χ2n) is 6.30.